The number of rotatable bonds is 3. The Morgan fingerprint density at radius 3 is 2.80 bits per heavy atom. The van der Waals surface area contributed by atoms with E-state index in [0.717, 1.165) is 24.9 Å². The van der Waals surface area contributed by atoms with E-state index in [1.54, 1.807) is 0 Å². The SMILES string of the molecule is CC1Cc2ccccc2N1CC(=O)NC(=O)NC1CC1. The lowest BCUT2D eigenvalue weighted by molar-refractivity contribution is -0.118. The van der Waals surface area contributed by atoms with Gasteiger partial charge in [0.15, 0.2) is 0 Å². The van der Waals surface area contributed by atoms with Crippen LogP contribution in [0.15, 0.2) is 24.3 Å². The van der Waals surface area contributed by atoms with Crippen LogP contribution in [0.3, 0.4) is 0 Å². The Morgan fingerprint density at radius 2 is 2.05 bits per heavy atom. The van der Waals surface area contributed by atoms with Crippen LogP contribution in [0.5, 0.6) is 0 Å². The third-order valence-corrected chi connectivity index (χ3v) is 3.83. The molecule has 106 valence electrons. The van der Waals surface area contributed by atoms with Crippen LogP contribution >= 0.6 is 0 Å². The molecule has 3 amide bonds. The minimum atomic E-state index is -0.377. The van der Waals surface area contributed by atoms with Crippen LogP contribution in [0.1, 0.15) is 25.3 Å². The average molecular weight is 273 g/mol. The fraction of sp³-hybridized carbons (Fsp3) is 0.467. The van der Waals surface area contributed by atoms with E-state index in [4.69, 9.17) is 0 Å². The molecule has 0 saturated heterocycles. The van der Waals surface area contributed by atoms with Crippen molar-refractivity contribution in [2.75, 3.05) is 11.4 Å². The number of carbonyl (C=O) groups excluding carboxylic acids is 2. The van der Waals surface area contributed by atoms with Crippen molar-refractivity contribution in [2.45, 2.75) is 38.3 Å². The van der Waals surface area contributed by atoms with Gasteiger partial charge in [-0.3, -0.25) is 10.1 Å². The molecule has 20 heavy (non-hydrogen) atoms. The molecule has 1 aromatic carbocycles. The van der Waals surface area contributed by atoms with Gasteiger partial charge in [-0.25, -0.2) is 4.79 Å². The van der Waals surface area contributed by atoms with Crippen LogP contribution in [-0.2, 0) is 11.2 Å². The summed E-state index contributed by atoms with van der Waals surface area (Å²) in [5, 5.41) is 5.15. The second kappa shape index (κ2) is 5.15. The normalized spacial score (nSPS) is 20.4. The molecule has 1 aliphatic carbocycles. The number of hydrogen-bond donors (Lipinski definition) is 2. The smallest absolute Gasteiger partial charge is 0.321 e. The highest BCUT2D eigenvalue weighted by molar-refractivity contribution is 5.96. The molecule has 1 aliphatic heterocycles. The minimum Gasteiger partial charge on any atom is -0.359 e. The van der Waals surface area contributed by atoms with Gasteiger partial charge in [-0.05, 0) is 37.8 Å². The molecule has 5 nitrogen and oxygen atoms in total. The molecule has 2 N–H and O–H groups in total. The molecule has 3 rings (SSSR count). The van der Waals surface area contributed by atoms with Gasteiger partial charge in [0.2, 0.25) is 5.91 Å². The predicted octanol–water partition coefficient (Wildman–Crippen LogP) is 1.43. The van der Waals surface area contributed by atoms with Gasteiger partial charge in [0.1, 0.15) is 0 Å². The van der Waals surface area contributed by atoms with Crippen molar-refractivity contribution in [3.8, 4) is 0 Å². The molecule has 1 fully saturated rings. The summed E-state index contributed by atoms with van der Waals surface area (Å²) in [4.78, 5) is 25.5. The lowest BCUT2D eigenvalue weighted by atomic mass is 10.1. The molecule has 1 heterocycles. The van der Waals surface area contributed by atoms with Crippen LogP contribution in [0.4, 0.5) is 10.5 Å². The molecule has 1 saturated carbocycles. The summed E-state index contributed by atoms with van der Waals surface area (Å²) in [6, 6.07) is 8.26. The van der Waals surface area contributed by atoms with Gasteiger partial charge in [0.25, 0.3) is 0 Å². The highest BCUT2D eigenvalue weighted by atomic mass is 16.2. The highest BCUT2D eigenvalue weighted by Gasteiger charge is 2.28. The minimum absolute atomic E-state index is 0.219. The van der Waals surface area contributed by atoms with Gasteiger partial charge in [-0.1, -0.05) is 18.2 Å². The van der Waals surface area contributed by atoms with E-state index in [2.05, 4.69) is 28.5 Å². The van der Waals surface area contributed by atoms with Crippen molar-refractivity contribution in [1.29, 1.82) is 0 Å². The Kier molecular flexibility index (Phi) is 3.34. The summed E-state index contributed by atoms with van der Waals surface area (Å²) in [6.07, 6.45) is 2.97. The second-order valence-electron chi connectivity index (χ2n) is 5.61. The van der Waals surface area contributed by atoms with Gasteiger partial charge in [0.05, 0.1) is 6.54 Å². The standard InChI is InChI=1S/C15H19N3O2/c1-10-8-11-4-2-3-5-13(11)18(10)9-14(19)17-15(20)16-12-6-7-12/h2-5,10,12H,6-9H2,1H3,(H2,16,17,19,20). The number of amides is 3. The molecular formula is C15H19N3O2. The number of urea groups is 1. The molecule has 0 spiro atoms. The zero-order valence-corrected chi connectivity index (χ0v) is 11.6. The number of nitrogens with one attached hydrogen (secondary N) is 2. The third-order valence-electron chi connectivity index (χ3n) is 3.83. The van der Waals surface area contributed by atoms with Crippen molar-refractivity contribution in [2.24, 2.45) is 0 Å². The Balaban J connectivity index is 1.59. The first-order chi connectivity index (χ1) is 9.63. The van der Waals surface area contributed by atoms with E-state index in [1.807, 2.05) is 18.2 Å². The Labute approximate surface area is 118 Å². The topological polar surface area (TPSA) is 61.4 Å². The second-order valence-corrected chi connectivity index (χ2v) is 5.61. The fourth-order valence-corrected chi connectivity index (χ4v) is 2.64. The highest BCUT2D eigenvalue weighted by Crippen LogP contribution is 2.31. The number of benzene rings is 1. The number of anilines is 1. The maximum absolute atomic E-state index is 12.0. The van der Waals surface area contributed by atoms with Crippen LogP contribution in [0, 0.1) is 0 Å². The first-order valence-corrected chi connectivity index (χ1v) is 7.08. The monoisotopic (exact) mass is 273 g/mol. The van der Waals surface area contributed by atoms with E-state index in [-0.39, 0.29) is 30.6 Å². The summed E-state index contributed by atoms with van der Waals surface area (Å²) in [6.45, 7) is 2.31. The first-order valence-electron chi connectivity index (χ1n) is 7.08. The molecule has 1 unspecified atom stereocenters. The molecule has 2 aliphatic rings. The Hall–Kier alpha value is -2.04. The van der Waals surface area contributed by atoms with E-state index < -0.39 is 0 Å². The Bertz CT molecular complexity index is 540. The first kappa shape index (κ1) is 13.0. The molecule has 1 aromatic rings. The van der Waals surface area contributed by atoms with Crippen LogP contribution in [-0.4, -0.2) is 30.6 Å². The predicted molar refractivity (Wildman–Crippen MR) is 76.7 cm³/mol. The number of hydrogen-bond acceptors (Lipinski definition) is 3. The Morgan fingerprint density at radius 1 is 1.30 bits per heavy atom. The molecule has 5 heteroatoms. The van der Waals surface area contributed by atoms with Gasteiger partial charge >= 0.3 is 6.03 Å². The summed E-state index contributed by atoms with van der Waals surface area (Å²) in [7, 11) is 0. The van der Waals surface area contributed by atoms with E-state index >= 15 is 0 Å². The number of fused-ring (bicyclic) bond motifs is 1. The number of nitrogens with zero attached hydrogens (tertiary/aromatic N) is 1. The largest absolute Gasteiger partial charge is 0.359 e. The van der Waals surface area contributed by atoms with E-state index in [1.165, 1.54) is 5.56 Å². The zero-order chi connectivity index (χ0) is 14.1. The van der Waals surface area contributed by atoms with Crippen LogP contribution in [0.25, 0.3) is 0 Å². The third kappa shape index (κ3) is 2.76. The molecule has 0 bridgehead atoms. The summed E-state index contributed by atoms with van der Waals surface area (Å²) >= 11 is 0. The van der Waals surface area contributed by atoms with Crippen LogP contribution < -0.4 is 15.5 Å². The van der Waals surface area contributed by atoms with Gasteiger partial charge in [0, 0.05) is 17.8 Å². The van der Waals surface area contributed by atoms with Crippen molar-refractivity contribution in [3.63, 3.8) is 0 Å². The van der Waals surface area contributed by atoms with Crippen molar-refractivity contribution in [3.05, 3.63) is 29.8 Å². The van der Waals surface area contributed by atoms with E-state index in [9.17, 15) is 9.59 Å². The summed E-state index contributed by atoms with van der Waals surface area (Å²) in [5.74, 6) is -0.258. The lowest BCUT2D eigenvalue weighted by Gasteiger charge is -2.23. The fourth-order valence-electron chi connectivity index (χ4n) is 2.64. The molecule has 0 aromatic heterocycles. The number of imide groups is 1. The van der Waals surface area contributed by atoms with E-state index in [0.29, 0.717) is 0 Å². The van der Waals surface area contributed by atoms with Gasteiger partial charge in [-0.2, -0.15) is 0 Å². The molecule has 1 atom stereocenters. The average Bonchev–Trinajstić information content (AvgIpc) is 3.15. The molecular weight excluding hydrogens is 254 g/mol. The van der Waals surface area contributed by atoms with Crippen LogP contribution in [0.2, 0.25) is 0 Å². The maximum atomic E-state index is 12.0. The lowest BCUT2D eigenvalue weighted by Crippen LogP contribution is -2.46. The summed E-state index contributed by atoms with van der Waals surface area (Å²) in [5.41, 5.74) is 2.35. The van der Waals surface area contributed by atoms with Gasteiger partial charge in [-0.15, -0.1) is 0 Å². The zero-order valence-electron chi connectivity index (χ0n) is 11.6. The molecule has 0 radical (unpaired) electrons. The number of carbonyl (C=O) groups is 2. The van der Waals surface area contributed by atoms with Crippen molar-refractivity contribution in [1.82, 2.24) is 10.6 Å². The maximum Gasteiger partial charge on any atom is 0.321 e. The summed E-state index contributed by atoms with van der Waals surface area (Å²) < 4.78 is 0. The quantitative estimate of drug-likeness (QED) is 0.875. The number of para-hydroxylation sites is 1. The van der Waals surface area contributed by atoms with Crippen molar-refractivity contribution < 1.29 is 9.59 Å². The van der Waals surface area contributed by atoms with Gasteiger partial charge < -0.3 is 10.2 Å². The van der Waals surface area contributed by atoms with Crippen molar-refractivity contribution >= 4 is 17.6 Å².